The number of hydrogen-bond acceptors (Lipinski definition) is 0. The smallest absolute Gasteiger partial charge is 1.00 e. The maximum absolute atomic E-state index is 2.47. The Hall–Kier alpha value is -1.57. The molecule has 0 saturated heterocycles. The predicted octanol–water partition coefficient (Wildman–Crippen LogP) is 4.80. The third kappa shape index (κ3) is 6.52. The second kappa shape index (κ2) is 13.4. The van der Waals surface area contributed by atoms with Gasteiger partial charge in [0, 0.05) is 15.4 Å². The van der Waals surface area contributed by atoms with Crippen LogP contribution in [0.2, 0.25) is 13.1 Å². The van der Waals surface area contributed by atoms with Crippen LogP contribution in [0.25, 0.3) is 38.4 Å². The van der Waals surface area contributed by atoms with E-state index in [1.54, 1.807) is 0 Å². The van der Waals surface area contributed by atoms with Gasteiger partial charge >= 0.3 is 26.2 Å². The largest absolute Gasteiger partial charge is 3.00 e. The van der Waals surface area contributed by atoms with Crippen LogP contribution in [0.1, 0.15) is 82.2 Å². The molecule has 0 spiro atoms. The van der Waals surface area contributed by atoms with Crippen LogP contribution in [0.5, 0.6) is 0 Å². The number of benzene rings is 4. The predicted molar refractivity (Wildman–Crippen MR) is 171 cm³/mol. The Bertz CT molecular complexity index is 1700. The Morgan fingerprint density at radius 2 is 1.37 bits per heavy atom. The van der Waals surface area contributed by atoms with Crippen LogP contribution in [0.3, 0.4) is 0 Å². The number of hydrogen-bond donors (Lipinski definition) is 0. The van der Waals surface area contributed by atoms with Gasteiger partial charge in [0.2, 0.25) is 0 Å². The van der Waals surface area contributed by atoms with E-state index in [0.29, 0.717) is 0 Å². The Morgan fingerprint density at radius 3 is 2.00 bits per heavy atom. The summed E-state index contributed by atoms with van der Waals surface area (Å²) in [6, 6.07) is 27.8. The van der Waals surface area contributed by atoms with E-state index in [9.17, 15) is 0 Å². The summed E-state index contributed by atoms with van der Waals surface area (Å²) in [7, 11) is 1.08. The molecule has 1 unspecified atom stereocenters. The third-order valence-corrected chi connectivity index (χ3v) is 8.03. The summed E-state index contributed by atoms with van der Waals surface area (Å²) in [5.74, 6) is 0.284. The van der Waals surface area contributed by atoms with E-state index in [-0.39, 0.29) is 67.8 Å². The standard InChI is InChI=1S/C35H35.C2H6Si.2ClH.Zr/c1-21-18-29-25-11-9-8-10-22(25)12-14-28(29)32(21)33-30-20-23-19-24(34(2,3)4)13-15-26(23)27(30)16-17-31(33)35(5,6)7;1-3-2;;;/h8-20,32H,1-7H3;1-2H3;2*1H;/q-1;;;;+3/p-2. The summed E-state index contributed by atoms with van der Waals surface area (Å²) >= 11 is 0. The van der Waals surface area contributed by atoms with Gasteiger partial charge < -0.3 is 24.8 Å². The average molecular weight is 676 g/mol. The van der Waals surface area contributed by atoms with Gasteiger partial charge in [0.1, 0.15) is 0 Å². The molecule has 41 heavy (non-hydrogen) atoms. The SMILES string of the molecule is CC1=Cc2c(ccc3ccccc23)C1c1c(C(C)(C)C)ccc2c1[cH-]c1cc(C(C)(C)C)ccc12.C[Si]C.[Cl-].[Cl-].[Zr+3]. The fourth-order valence-corrected chi connectivity index (χ4v) is 6.21. The van der Waals surface area contributed by atoms with Gasteiger partial charge in [-0.1, -0.05) is 144 Å². The maximum Gasteiger partial charge on any atom is 3.00 e. The molecule has 1 atom stereocenters. The quantitative estimate of drug-likeness (QED) is 0.177. The fourth-order valence-electron chi connectivity index (χ4n) is 6.21. The van der Waals surface area contributed by atoms with Crippen molar-refractivity contribution < 1.29 is 51.0 Å². The zero-order chi connectivity index (χ0) is 27.4. The molecule has 5 aromatic rings. The molecule has 0 aromatic heterocycles. The van der Waals surface area contributed by atoms with Gasteiger partial charge in [-0.05, 0) is 39.7 Å². The molecule has 0 fully saturated rings. The topological polar surface area (TPSA) is 0 Å². The van der Waals surface area contributed by atoms with Crippen molar-refractivity contribution in [2.75, 3.05) is 0 Å². The number of fused-ring (bicyclic) bond motifs is 6. The Kier molecular flexibility index (Phi) is 11.6. The molecule has 0 heterocycles. The number of halogens is 2. The second-order valence-corrected chi connectivity index (χ2v) is 14.0. The minimum atomic E-state index is 0. The number of rotatable bonds is 1. The molecule has 0 saturated carbocycles. The van der Waals surface area contributed by atoms with Gasteiger partial charge in [0.15, 0.2) is 0 Å². The van der Waals surface area contributed by atoms with E-state index in [0.717, 1.165) is 9.52 Å². The summed E-state index contributed by atoms with van der Waals surface area (Å²) in [5, 5.41) is 8.20. The summed E-state index contributed by atoms with van der Waals surface area (Å²) in [6.07, 6.45) is 2.44. The van der Waals surface area contributed by atoms with E-state index in [1.165, 1.54) is 65.7 Å². The monoisotopic (exact) mass is 673 g/mol. The first-order valence-electron chi connectivity index (χ1n) is 13.9. The van der Waals surface area contributed by atoms with Crippen molar-refractivity contribution >= 4 is 47.9 Å². The molecular weight excluding hydrogens is 635 g/mol. The Morgan fingerprint density at radius 1 is 0.732 bits per heavy atom. The molecular formula is C37H41Cl2SiZr. The molecule has 4 heteroatoms. The van der Waals surface area contributed by atoms with Gasteiger partial charge in [0.25, 0.3) is 0 Å². The minimum Gasteiger partial charge on any atom is -1.00 e. The minimum absolute atomic E-state index is 0. The average Bonchev–Trinajstić information content (AvgIpc) is 3.39. The van der Waals surface area contributed by atoms with Crippen LogP contribution in [-0.2, 0) is 37.0 Å². The molecule has 211 valence electrons. The first kappa shape index (κ1) is 35.6. The van der Waals surface area contributed by atoms with Crippen molar-refractivity contribution in [3.63, 3.8) is 0 Å². The van der Waals surface area contributed by atoms with E-state index in [2.05, 4.69) is 140 Å². The molecule has 5 aromatic carbocycles. The van der Waals surface area contributed by atoms with Crippen molar-refractivity contribution in [1.82, 2.24) is 0 Å². The van der Waals surface area contributed by atoms with Crippen molar-refractivity contribution in [2.24, 2.45) is 0 Å². The van der Waals surface area contributed by atoms with Crippen LogP contribution >= 0.6 is 0 Å². The molecule has 0 nitrogen and oxygen atoms in total. The van der Waals surface area contributed by atoms with Crippen LogP contribution in [0.15, 0.2) is 78.4 Å². The first-order chi connectivity index (χ1) is 18.0. The van der Waals surface area contributed by atoms with Gasteiger partial charge in [0.05, 0.1) is 0 Å². The van der Waals surface area contributed by atoms with Crippen molar-refractivity contribution in [1.29, 1.82) is 0 Å². The van der Waals surface area contributed by atoms with Crippen LogP contribution in [-0.4, -0.2) is 9.52 Å². The summed E-state index contributed by atoms with van der Waals surface area (Å²) in [5.41, 5.74) is 8.82. The summed E-state index contributed by atoms with van der Waals surface area (Å²) < 4.78 is 0. The van der Waals surface area contributed by atoms with Crippen molar-refractivity contribution in [2.45, 2.75) is 78.3 Å². The van der Waals surface area contributed by atoms with Crippen molar-refractivity contribution in [3.05, 3.63) is 106 Å². The normalized spacial score (nSPS) is 14.4. The van der Waals surface area contributed by atoms with E-state index in [1.807, 2.05) is 0 Å². The van der Waals surface area contributed by atoms with Crippen molar-refractivity contribution in [3.8, 4) is 0 Å². The Labute approximate surface area is 281 Å². The van der Waals surface area contributed by atoms with Crippen LogP contribution in [0, 0.1) is 0 Å². The maximum atomic E-state index is 2.47. The molecule has 0 bridgehead atoms. The van der Waals surface area contributed by atoms with E-state index < -0.39 is 0 Å². The molecule has 1 aliphatic carbocycles. The summed E-state index contributed by atoms with van der Waals surface area (Å²) in [6.45, 7) is 20.6. The molecule has 6 rings (SSSR count). The Balaban J connectivity index is 0.000000941. The number of allylic oxidation sites excluding steroid dienone is 1. The van der Waals surface area contributed by atoms with E-state index >= 15 is 0 Å². The zero-order valence-corrected chi connectivity index (χ0v) is 30.8. The summed E-state index contributed by atoms with van der Waals surface area (Å²) in [4.78, 5) is 0. The van der Waals surface area contributed by atoms with Crippen LogP contribution in [0.4, 0.5) is 0 Å². The third-order valence-electron chi connectivity index (χ3n) is 8.03. The zero-order valence-electron chi connectivity index (χ0n) is 25.8. The molecule has 0 N–H and O–H groups in total. The first-order valence-corrected chi connectivity index (χ1v) is 15.9. The van der Waals surface area contributed by atoms with Gasteiger partial charge in [-0.3, -0.25) is 0 Å². The van der Waals surface area contributed by atoms with Gasteiger partial charge in [-0.15, -0.1) is 33.7 Å². The molecule has 1 aliphatic rings. The molecule has 0 aliphatic heterocycles. The van der Waals surface area contributed by atoms with Gasteiger partial charge in [-0.25, -0.2) is 0 Å². The second-order valence-electron chi connectivity index (χ2n) is 13.0. The molecule has 3 radical (unpaired) electrons. The van der Waals surface area contributed by atoms with E-state index in [4.69, 9.17) is 0 Å². The van der Waals surface area contributed by atoms with Crippen LogP contribution < -0.4 is 24.8 Å². The molecule has 0 amide bonds. The van der Waals surface area contributed by atoms with Gasteiger partial charge in [-0.2, -0.15) is 0 Å². The fraction of sp³-hybridized carbons (Fsp3) is 0.324.